The normalized spacial score (nSPS) is 19.4. The Morgan fingerprint density at radius 3 is 2.93 bits per heavy atom. The van der Waals surface area contributed by atoms with Gasteiger partial charge in [-0.2, -0.15) is 15.7 Å². The van der Waals surface area contributed by atoms with E-state index in [1.807, 2.05) is 11.4 Å². The first-order chi connectivity index (χ1) is 14.0. The second kappa shape index (κ2) is 9.98. The fraction of sp³-hybridized carbons (Fsp3) is 0.450. The summed E-state index contributed by atoms with van der Waals surface area (Å²) in [5.74, 6) is 0.369. The number of hydrogen-bond acceptors (Lipinski definition) is 6. The molecule has 0 N–H and O–H groups in total. The van der Waals surface area contributed by atoms with Crippen molar-refractivity contribution in [3.63, 3.8) is 0 Å². The average molecular weight is 436 g/mol. The Kier molecular flexibility index (Phi) is 7.38. The van der Waals surface area contributed by atoms with Gasteiger partial charge in [0, 0.05) is 37.2 Å². The second-order valence-corrected chi connectivity index (χ2v) is 10.2. The van der Waals surface area contributed by atoms with Crippen molar-refractivity contribution in [3.05, 3.63) is 46.4 Å². The van der Waals surface area contributed by atoms with E-state index < -0.39 is 9.73 Å². The molecule has 0 aliphatic carbocycles. The van der Waals surface area contributed by atoms with E-state index >= 15 is 0 Å². The molecule has 1 saturated heterocycles. The molecule has 1 aliphatic rings. The number of hydrogen-bond donors (Lipinski definition) is 0. The van der Waals surface area contributed by atoms with E-state index in [0.717, 1.165) is 6.42 Å². The molecule has 29 heavy (non-hydrogen) atoms. The molecule has 7 nitrogen and oxygen atoms in total. The molecule has 3 heterocycles. The SMILES string of the molecule is COc1cccnc1C(=O)N1CCCS(=O)(=NC(=O)CCCc2ccsc2)CC1. The van der Waals surface area contributed by atoms with Crippen LogP contribution in [0.4, 0.5) is 0 Å². The molecule has 1 aliphatic heterocycles. The quantitative estimate of drug-likeness (QED) is 0.696. The summed E-state index contributed by atoms with van der Waals surface area (Å²) in [5.41, 5.74) is 1.45. The van der Waals surface area contributed by atoms with Crippen LogP contribution in [0.3, 0.4) is 0 Å². The van der Waals surface area contributed by atoms with Crippen molar-refractivity contribution in [2.45, 2.75) is 25.7 Å². The summed E-state index contributed by atoms with van der Waals surface area (Å²) < 4.78 is 22.4. The van der Waals surface area contributed by atoms with E-state index in [2.05, 4.69) is 14.7 Å². The lowest BCUT2D eigenvalue weighted by Gasteiger charge is -2.20. The highest BCUT2D eigenvalue weighted by molar-refractivity contribution is 7.93. The third-order valence-electron chi connectivity index (χ3n) is 4.76. The topological polar surface area (TPSA) is 88.9 Å². The van der Waals surface area contributed by atoms with Crippen LogP contribution in [-0.2, 0) is 20.9 Å². The van der Waals surface area contributed by atoms with Crippen molar-refractivity contribution in [1.29, 1.82) is 0 Å². The number of carbonyl (C=O) groups is 2. The lowest BCUT2D eigenvalue weighted by molar-refractivity contribution is -0.117. The fourth-order valence-corrected chi connectivity index (χ4v) is 5.86. The number of aromatic nitrogens is 1. The van der Waals surface area contributed by atoms with E-state index in [1.165, 1.54) is 12.7 Å². The van der Waals surface area contributed by atoms with Crippen molar-refractivity contribution in [2.75, 3.05) is 31.7 Å². The minimum Gasteiger partial charge on any atom is -0.494 e. The molecule has 0 bridgehead atoms. The van der Waals surface area contributed by atoms with Crippen LogP contribution in [-0.4, -0.2) is 57.6 Å². The number of aryl methyl sites for hydroxylation is 1. The Morgan fingerprint density at radius 1 is 1.31 bits per heavy atom. The molecule has 9 heteroatoms. The number of rotatable bonds is 6. The molecule has 0 aromatic carbocycles. The van der Waals surface area contributed by atoms with Gasteiger partial charge in [-0.3, -0.25) is 9.59 Å². The van der Waals surface area contributed by atoms with E-state index in [4.69, 9.17) is 4.74 Å². The Labute approximate surface area is 175 Å². The van der Waals surface area contributed by atoms with E-state index in [9.17, 15) is 13.8 Å². The second-order valence-electron chi connectivity index (χ2n) is 6.85. The van der Waals surface area contributed by atoms with Gasteiger partial charge in [0.15, 0.2) is 5.69 Å². The predicted molar refractivity (Wildman–Crippen MR) is 114 cm³/mol. The molecule has 1 unspecified atom stereocenters. The Bertz CT molecular complexity index is 966. The number of pyridine rings is 1. The maximum Gasteiger partial charge on any atom is 0.276 e. The average Bonchev–Trinajstić information content (AvgIpc) is 3.16. The zero-order valence-corrected chi connectivity index (χ0v) is 18.0. The van der Waals surface area contributed by atoms with Gasteiger partial charge in [0.2, 0.25) is 0 Å². The maximum atomic E-state index is 13.1. The number of carbonyl (C=O) groups excluding carboxylic acids is 2. The summed E-state index contributed by atoms with van der Waals surface area (Å²) >= 11 is 1.63. The summed E-state index contributed by atoms with van der Waals surface area (Å²) in [6.07, 6.45) is 3.88. The number of nitrogens with zero attached hydrogens (tertiary/aromatic N) is 3. The van der Waals surface area contributed by atoms with Gasteiger partial charge in [-0.15, -0.1) is 0 Å². The van der Waals surface area contributed by atoms with Crippen LogP contribution in [0.2, 0.25) is 0 Å². The van der Waals surface area contributed by atoms with Crippen LogP contribution in [0.5, 0.6) is 5.75 Å². The van der Waals surface area contributed by atoms with E-state index in [0.29, 0.717) is 37.3 Å². The molecule has 156 valence electrons. The van der Waals surface area contributed by atoms with Gasteiger partial charge in [-0.05, 0) is 53.8 Å². The molecule has 0 saturated carbocycles. The first-order valence-electron chi connectivity index (χ1n) is 9.55. The molecule has 1 atom stereocenters. The zero-order valence-electron chi connectivity index (χ0n) is 16.4. The molecular weight excluding hydrogens is 410 g/mol. The lowest BCUT2D eigenvalue weighted by Crippen LogP contribution is -2.34. The molecule has 2 amide bonds. The third kappa shape index (κ3) is 5.86. The molecule has 2 aromatic heterocycles. The van der Waals surface area contributed by atoms with Crippen molar-refractivity contribution < 1.29 is 18.5 Å². The Hall–Kier alpha value is -2.26. The molecule has 2 aromatic rings. The van der Waals surface area contributed by atoms with Crippen LogP contribution in [0, 0.1) is 0 Å². The van der Waals surface area contributed by atoms with Crippen LogP contribution < -0.4 is 4.74 Å². The van der Waals surface area contributed by atoms with Crippen LogP contribution in [0.1, 0.15) is 35.3 Å². The Morgan fingerprint density at radius 2 is 2.17 bits per heavy atom. The number of amides is 2. The fourth-order valence-electron chi connectivity index (χ4n) is 3.22. The van der Waals surface area contributed by atoms with Crippen molar-refractivity contribution >= 4 is 32.9 Å². The van der Waals surface area contributed by atoms with Crippen LogP contribution in [0.15, 0.2) is 39.5 Å². The molecule has 3 rings (SSSR count). The largest absolute Gasteiger partial charge is 0.494 e. The van der Waals surface area contributed by atoms with Crippen LogP contribution in [0.25, 0.3) is 0 Å². The predicted octanol–water partition coefficient (Wildman–Crippen LogP) is 3.02. The summed E-state index contributed by atoms with van der Waals surface area (Å²) in [5, 5.41) is 4.08. The van der Waals surface area contributed by atoms with Gasteiger partial charge in [0.05, 0.1) is 16.8 Å². The maximum absolute atomic E-state index is 13.1. The van der Waals surface area contributed by atoms with Crippen molar-refractivity contribution in [3.8, 4) is 5.75 Å². The minimum atomic E-state index is -2.64. The van der Waals surface area contributed by atoms with Gasteiger partial charge < -0.3 is 9.64 Å². The number of thiophene rings is 1. The summed E-state index contributed by atoms with van der Waals surface area (Å²) in [6.45, 7) is 0.737. The summed E-state index contributed by atoms with van der Waals surface area (Å²) in [7, 11) is -1.15. The number of ether oxygens (including phenoxy) is 1. The minimum absolute atomic E-state index is 0.199. The summed E-state index contributed by atoms with van der Waals surface area (Å²) in [6, 6.07) is 5.43. The summed E-state index contributed by atoms with van der Waals surface area (Å²) in [4.78, 5) is 30.8. The highest BCUT2D eigenvalue weighted by atomic mass is 32.2. The highest BCUT2D eigenvalue weighted by Crippen LogP contribution is 2.19. The lowest BCUT2D eigenvalue weighted by atomic mass is 10.1. The van der Waals surface area contributed by atoms with Crippen molar-refractivity contribution in [1.82, 2.24) is 9.88 Å². The van der Waals surface area contributed by atoms with Gasteiger partial charge in [-0.25, -0.2) is 9.19 Å². The van der Waals surface area contributed by atoms with Gasteiger partial charge in [0.1, 0.15) is 5.75 Å². The van der Waals surface area contributed by atoms with E-state index in [-0.39, 0.29) is 29.8 Å². The first-order valence-corrected chi connectivity index (χ1v) is 12.3. The highest BCUT2D eigenvalue weighted by Gasteiger charge is 2.26. The van der Waals surface area contributed by atoms with Crippen LogP contribution >= 0.6 is 11.3 Å². The molecule has 0 spiro atoms. The van der Waals surface area contributed by atoms with Gasteiger partial charge in [0.25, 0.3) is 11.8 Å². The molecule has 1 fully saturated rings. The van der Waals surface area contributed by atoms with Gasteiger partial charge >= 0.3 is 0 Å². The zero-order chi connectivity index (χ0) is 20.7. The van der Waals surface area contributed by atoms with E-state index in [1.54, 1.807) is 34.6 Å². The Balaban J connectivity index is 1.60. The standard InChI is InChI=1S/C20H25N3O4S2/c1-27-17-6-3-9-21-19(17)20(25)23-10-4-13-29(26,14-11-23)22-18(24)7-2-5-16-8-12-28-15-16/h3,6,8-9,12,15H,2,4-5,7,10-11,13-14H2,1H3. The van der Waals surface area contributed by atoms with Crippen molar-refractivity contribution in [2.24, 2.45) is 4.36 Å². The molecular formula is C20H25N3O4S2. The van der Waals surface area contributed by atoms with Gasteiger partial charge in [-0.1, -0.05) is 0 Å². The smallest absolute Gasteiger partial charge is 0.276 e. The molecule has 0 radical (unpaired) electrons. The third-order valence-corrected chi connectivity index (χ3v) is 7.77. The first kappa shape index (κ1) is 21.4. The number of methoxy groups -OCH3 is 1. The monoisotopic (exact) mass is 435 g/mol.